The van der Waals surface area contributed by atoms with Crippen molar-refractivity contribution in [3.8, 4) is 0 Å². The van der Waals surface area contributed by atoms with Gasteiger partial charge < -0.3 is 14.8 Å². The van der Waals surface area contributed by atoms with Crippen molar-refractivity contribution in [2.24, 2.45) is 0 Å². The van der Waals surface area contributed by atoms with Crippen LogP contribution in [0.1, 0.15) is 37.4 Å². The molecule has 3 fully saturated rings. The summed E-state index contributed by atoms with van der Waals surface area (Å²) in [5, 5.41) is 3.40. The molecule has 3 aliphatic rings. The molecule has 1 N–H and O–H groups in total. The van der Waals surface area contributed by atoms with Crippen LogP contribution in [0.5, 0.6) is 0 Å². The monoisotopic (exact) mass is 304 g/mol. The fourth-order valence-electron chi connectivity index (χ4n) is 3.39. The maximum absolute atomic E-state index is 12.2. The fourth-order valence-corrected chi connectivity index (χ4v) is 3.39. The van der Waals surface area contributed by atoms with Crippen LogP contribution in [0, 0.1) is 0 Å². The van der Waals surface area contributed by atoms with Crippen LogP contribution in [-0.2, 0) is 9.47 Å². The predicted octanol–water partition coefficient (Wildman–Crippen LogP) is 1.41. The lowest BCUT2D eigenvalue weighted by Gasteiger charge is -2.30. The molecule has 3 saturated heterocycles. The van der Waals surface area contributed by atoms with E-state index in [1.54, 1.807) is 17.3 Å². The Bertz CT molecular complexity index is 550. The number of aromatic nitrogens is 2. The van der Waals surface area contributed by atoms with E-state index in [-0.39, 0.29) is 12.1 Å². The molecule has 4 rings (SSSR count). The van der Waals surface area contributed by atoms with Crippen molar-refractivity contribution < 1.29 is 14.3 Å². The minimum absolute atomic E-state index is 0.286. The minimum atomic E-state index is -0.414. The SMILES string of the molecule is O=C1OC2(CCOCC2)CN1c1cnc(C2CCCN2)cn1. The second-order valence-corrected chi connectivity index (χ2v) is 6.20. The maximum Gasteiger partial charge on any atom is 0.416 e. The Kier molecular flexibility index (Phi) is 3.46. The van der Waals surface area contributed by atoms with Crippen LogP contribution in [0.15, 0.2) is 12.4 Å². The molecule has 1 unspecified atom stereocenters. The Morgan fingerprint density at radius 1 is 1.27 bits per heavy atom. The summed E-state index contributed by atoms with van der Waals surface area (Å²) < 4.78 is 11.0. The van der Waals surface area contributed by atoms with Crippen molar-refractivity contribution in [1.82, 2.24) is 15.3 Å². The van der Waals surface area contributed by atoms with Gasteiger partial charge in [-0.2, -0.15) is 0 Å². The summed E-state index contributed by atoms with van der Waals surface area (Å²) in [5.41, 5.74) is 0.525. The molecule has 118 valence electrons. The smallest absolute Gasteiger partial charge is 0.416 e. The number of rotatable bonds is 2. The standard InChI is InChI=1S/C15H20N4O3/c20-14-19(10-15(22-14)3-6-21-7-4-15)13-9-17-12(8-18-13)11-2-1-5-16-11/h8-9,11,16H,1-7,10H2. The molecule has 1 atom stereocenters. The summed E-state index contributed by atoms with van der Waals surface area (Å²) in [5.74, 6) is 0.565. The van der Waals surface area contributed by atoms with E-state index >= 15 is 0 Å². The molecule has 0 bridgehead atoms. The van der Waals surface area contributed by atoms with Crippen LogP contribution in [-0.4, -0.2) is 48.0 Å². The number of anilines is 1. The Labute approximate surface area is 129 Å². The van der Waals surface area contributed by atoms with E-state index in [9.17, 15) is 4.79 Å². The average molecular weight is 304 g/mol. The number of carbonyl (C=O) groups is 1. The number of hydrogen-bond acceptors (Lipinski definition) is 6. The lowest BCUT2D eigenvalue weighted by atomic mass is 9.94. The summed E-state index contributed by atoms with van der Waals surface area (Å²) in [4.78, 5) is 22.7. The largest absolute Gasteiger partial charge is 0.440 e. The van der Waals surface area contributed by atoms with Gasteiger partial charge in [0.05, 0.1) is 43.9 Å². The van der Waals surface area contributed by atoms with Crippen LogP contribution < -0.4 is 10.2 Å². The minimum Gasteiger partial charge on any atom is -0.440 e. The van der Waals surface area contributed by atoms with Crippen molar-refractivity contribution in [2.45, 2.75) is 37.3 Å². The van der Waals surface area contributed by atoms with Gasteiger partial charge in [0.25, 0.3) is 0 Å². The highest BCUT2D eigenvalue weighted by atomic mass is 16.6. The first-order valence-corrected chi connectivity index (χ1v) is 7.89. The Morgan fingerprint density at radius 3 is 2.82 bits per heavy atom. The lowest BCUT2D eigenvalue weighted by Crippen LogP contribution is -2.40. The van der Waals surface area contributed by atoms with Gasteiger partial charge in [0.1, 0.15) is 5.60 Å². The second-order valence-electron chi connectivity index (χ2n) is 6.20. The Morgan fingerprint density at radius 2 is 2.14 bits per heavy atom. The highest BCUT2D eigenvalue weighted by Gasteiger charge is 2.47. The van der Waals surface area contributed by atoms with Gasteiger partial charge in [-0.15, -0.1) is 0 Å². The fraction of sp³-hybridized carbons (Fsp3) is 0.667. The van der Waals surface area contributed by atoms with Gasteiger partial charge in [-0.1, -0.05) is 0 Å². The van der Waals surface area contributed by atoms with Crippen molar-refractivity contribution in [1.29, 1.82) is 0 Å². The molecule has 1 aromatic rings. The van der Waals surface area contributed by atoms with Gasteiger partial charge in [0.2, 0.25) is 0 Å². The first-order valence-electron chi connectivity index (χ1n) is 7.89. The maximum atomic E-state index is 12.2. The van der Waals surface area contributed by atoms with Gasteiger partial charge in [-0.05, 0) is 19.4 Å². The molecule has 0 aliphatic carbocycles. The molecule has 0 aromatic carbocycles. The van der Waals surface area contributed by atoms with E-state index in [1.807, 2.05) is 0 Å². The second kappa shape index (κ2) is 5.48. The van der Waals surface area contributed by atoms with Crippen LogP contribution >= 0.6 is 0 Å². The summed E-state index contributed by atoms with van der Waals surface area (Å²) >= 11 is 0. The molecule has 4 heterocycles. The highest BCUT2D eigenvalue weighted by molar-refractivity contribution is 5.89. The molecule has 1 aromatic heterocycles. The number of hydrogen-bond donors (Lipinski definition) is 1. The lowest BCUT2D eigenvalue weighted by molar-refractivity contribution is -0.0431. The summed E-state index contributed by atoms with van der Waals surface area (Å²) in [7, 11) is 0. The number of amides is 1. The van der Waals surface area contributed by atoms with Gasteiger partial charge >= 0.3 is 6.09 Å². The average Bonchev–Trinajstić information content (AvgIpc) is 3.17. The predicted molar refractivity (Wildman–Crippen MR) is 78.6 cm³/mol. The molecule has 1 amide bonds. The molecular weight excluding hydrogens is 284 g/mol. The molecule has 0 saturated carbocycles. The third-order valence-electron chi connectivity index (χ3n) is 4.73. The zero-order valence-corrected chi connectivity index (χ0v) is 12.5. The molecular formula is C15H20N4O3. The summed E-state index contributed by atoms with van der Waals surface area (Å²) in [6.07, 6.45) is 6.85. The van der Waals surface area contributed by atoms with Gasteiger partial charge in [0.15, 0.2) is 5.82 Å². The number of carbonyl (C=O) groups excluding carboxylic acids is 1. The Balaban J connectivity index is 1.50. The zero-order valence-electron chi connectivity index (χ0n) is 12.5. The highest BCUT2D eigenvalue weighted by Crippen LogP contribution is 2.34. The molecule has 1 spiro atoms. The van der Waals surface area contributed by atoms with Crippen molar-refractivity contribution >= 4 is 11.9 Å². The number of ether oxygens (including phenoxy) is 2. The zero-order chi connectivity index (χ0) is 15.0. The van der Waals surface area contributed by atoms with Gasteiger partial charge in [-0.3, -0.25) is 9.88 Å². The van der Waals surface area contributed by atoms with E-state index in [0.717, 1.165) is 37.9 Å². The van der Waals surface area contributed by atoms with Crippen LogP contribution in [0.4, 0.5) is 10.6 Å². The summed E-state index contributed by atoms with van der Waals surface area (Å²) in [6, 6.07) is 0.286. The van der Waals surface area contributed by atoms with Gasteiger partial charge in [0, 0.05) is 12.8 Å². The van der Waals surface area contributed by atoms with E-state index in [0.29, 0.717) is 25.6 Å². The third kappa shape index (κ3) is 2.44. The van der Waals surface area contributed by atoms with Crippen LogP contribution in [0.2, 0.25) is 0 Å². The first kappa shape index (κ1) is 13.9. The van der Waals surface area contributed by atoms with Gasteiger partial charge in [-0.25, -0.2) is 9.78 Å². The van der Waals surface area contributed by atoms with E-state index < -0.39 is 5.60 Å². The van der Waals surface area contributed by atoms with E-state index in [1.165, 1.54) is 0 Å². The molecule has 7 heteroatoms. The van der Waals surface area contributed by atoms with E-state index in [4.69, 9.17) is 9.47 Å². The Hall–Kier alpha value is -1.73. The molecule has 0 radical (unpaired) electrons. The number of nitrogens with zero attached hydrogens (tertiary/aromatic N) is 3. The number of nitrogens with one attached hydrogen (secondary N) is 1. The molecule has 3 aliphatic heterocycles. The molecule has 22 heavy (non-hydrogen) atoms. The summed E-state index contributed by atoms with van der Waals surface area (Å²) in [6.45, 7) is 2.83. The quantitative estimate of drug-likeness (QED) is 0.890. The van der Waals surface area contributed by atoms with E-state index in [2.05, 4.69) is 15.3 Å². The van der Waals surface area contributed by atoms with Crippen LogP contribution in [0.3, 0.4) is 0 Å². The first-order chi connectivity index (χ1) is 10.8. The topological polar surface area (TPSA) is 76.6 Å². The molecule has 7 nitrogen and oxygen atoms in total. The van der Waals surface area contributed by atoms with Crippen LogP contribution in [0.25, 0.3) is 0 Å². The third-order valence-corrected chi connectivity index (χ3v) is 4.73. The van der Waals surface area contributed by atoms with Crippen molar-refractivity contribution in [3.05, 3.63) is 18.1 Å². The van der Waals surface area contributed by atoms with Crippen molar-refractivity contribution in [2.75, 3.05) is 31.2 Å². The van der Waals surface area contributed by atoms with Crippen molar-refractivity contribution in [3.63, 3.8) is 0 Å². The normalized spacial score (nSPS) is 27.4.